The number of hydrogen-bond acceptors (Lipinski definition) is 3. The Morgan fingerprint density at radius 1 is 1.46 bits per heavy atom. The first-order valence-corrected chi connectivity index (χ1v) is 3.84. The molecule has 0 spiro atoms. The number of anilines is 1. The second-order valence-electron chi connectivity index (χ2n) is 2.66. The van der Waals surface area contributed by atoms with E-state index in [1.165, 1.54) is 4.90 Å². The largest absolute Gasteiger partial charge is 0.335 e. The van der Waals surface area contributed by atoms with Crippen LogP contribution in [0.25, 0.3) is 0 Å². The lowest BCUT2D eigenvalue weighted by Crippen LogP contribution is -2.38. The summed E-state index contributed by atoms with van der Waals surface area (Å²) in [6, 6.07) is 5.18. The first-order valence-electron chi connectivity index (χ1n) is 3.84. The molecule has 1 rings (SSSR count). The molecule has 0 aliphatic heterocycles. The molecule has 5 nitrogen and oxygen atoms in total. The lowest BCUT2D eigenvalue weighted by molar-refractivity contribution is 0.219. The van der Waals surface area contributed by atoms with Gasteiger partial charge in [0.25, 0.3) is 0 Å². The van der Waals surface area contributed by atoms with Crippen molar-refractivity contribution in [2.45, 2.75) is 0 Å². The minimum Gasteiger partial charge on any atom is -0.330 e. The highest BCUT2D eigenvalue weighted by molar-refractivity contribution is 5.74. The Bertz CT molecular complexity index is 273. The molecule has 0 saturated heterocycles. The molecule has 0 aliphatic carbocycles. The van der Waals surface area contributed by atoms with Crippen LogP contribution in [0.5, 0.6) is 0 Å². The van der Waals surface area contributed by atoms with E-state index < -0.39 is 0 Å². The van der Waals surface area contributed by atoms with E-state index in [4.69, 9.17) is 0 Å². The summed E-state index contributed by atoms with van der Waals surface area (Å²) in [6.07, 6.45) is 1.64. The highest BCUT2D eigenvalue weighted by Gasteiger charge is 2.00. The van der Waals surface area contributed by atoms with Gasteiger partial charge in [0, 0.05) is 20.3 Å². The van der Waals surface area contributed by atoms with Gasteiger partial charge in [0.15, 0.2) is 0 Å². The van der Waals surface area contributed by atoms with E-state index in [0.717, 1.165) is 0 Å². The zero-order chi connectivity index (χ0) is 9.68. The van der Waals surface area contributed by atoms with Gasteiger partial charge in [0.1, 0.15) is 5.82 Å². The Balaban J connectivity index is 2.40. The normalized spacial score (nSPS) is 9.08. The van der Waals surface area contributed by atoms with Gasteiger partial charge in [0.2, 0.25) is 0 Å². The van der Waals surface area contributed by atoms with Gasteiger partial charge in [-0.1, -0.05) is 6.07 Å². The smallest absolute Gasteiger partial charge is 0.330 e. The first kappa shape index (κ1) is 9.31. The maximum atomic E-state index is 11.0. The molecule has 13 heavy (non-hydrogen) atoms. The molecule has 0 fully saturated rings. The Hall–Kier alpha value is -1.78. The van der Waals surface area contributed by atoms with Crippen molar-refractivity contribution >= 4 is 11.8 Å². The molecule has 70 valence electrons. The fourth-order valence-electron chi connectivity index (χ4n) is 0.666. The highest BCUT2D eigenvalue weighted by atomic mass is 16.2. The van der Waals surface area contributed by atoms with Crippen LogP contribution in [-0.2, 0) is 0 Å². The summed E-state index contributed by atoms with van der Waals surface area (Å²) in [5.41, 5.74) is 5.15. The highest BCUT2D eigenvalue weighted by Crippen LogP contribution is 1.96. The number of nitrogens with zero attached hydrogens (tertiary/aromatic N) is 2. The summed E-state index contributed by atoms with van der Waals surface area (Å²) in [4.78, 5) is 16.4. The molecule has 0 aromatic carbocycles. The zero-order valence-electron chi connectivity index (χ0n) is 7.61. The number of carbonyl (C=O) groups is 1. The van der Waals surface area contributed by atoms with Crippen LogP contribution in [0.4, 0.5) is 10.6 Å². The average molecular weight is 180 g/mol. The van der Waals surface area contributed by atoms with Gasteiger partial charge < -0.3 is 4.90 Å². The summed E-state index contributed by atoms with van der Waals surface area (Å²) in [7, 11) is 3.32. The predicted molar refractivity (Wildman–Crippen MR) is 50.1 cm³/mol. The van der Waals surface area contributed by atoms with Gasteiger partial charge in [-0.15, -0.1) is 0 Å². The van der Waals surface area contributed by atoms with Crippen molar-refractivity contribution in [3.8, 4) is 0 Å². The molecule has 5 heteroatoms. The second-order valence-corrected chi connectivity index (χ2v) is 2.66. The van der Waals surface area contributed by atoms with Crippen LogP contribution in [0.3, 0.4) is 0 Å². The summed E-state index contributed by atoms with van der Waals surface area (Å²) >= 11 is 0. The fourth-order valence-corrected chi connectivity index (χ4v) is 0.666. The molecular formula is C8H12N4O. The Morgan fingerprint density at radius 2 is 2.23 bits per heavy atom. The molecule has 0 saturated carbocycles. The number of amides is 2. The van der Waals surface area contributed by atoms with Gasteiger partial charge in [-0.3, -0.25) is 10.9 Å². The van der Waals surface area contributed by atoms with Crippen molar-refractivity contribution < 1.29 is 4.79 Å². The van der Waals surface area contributed by atoms with E-state index in [-0.39, 0.29) is 6.03 Å². The SMILES string of the molecule is CN(C)C(=O)NNc1ccccn1. The van der Waals surface area contributed by atoms with Gasteiger partial charge >= 0.3 is 6.03 Å². The van der Waals surface area contributed by atoms with Crippen molar-refractivity contribution in [2.24, 2.45) is 0 Å². The van der Waals surface area contributed by atoms with Crippen molar-refractivity contribution in [1.29, 1.82) is 0 Å². The van der Waals surface area contributed by atoms with Crippen LogP contribution in [0.1, 0.15) is 0 Å². The molecule has 0 atom stereocenters. The molecule has 0 bridgehead atoms. The van der Waals surface area contributed by atoms with Crippen LogP contribution in [0.15, 0.2) is 24.4 Å². The number of pyridine rings is 1. The lowest BCUT2D eigenvalue weighted by atomic mass is 10.5. The summed E-state index contributed by atoms with van der Waals surface area (Å²) < 4.78 is 0. The third-order valence-corrected chi connectivity index (χ3v) is 1.37. The van der Waals surface area contributed by atoms with Gasteiger partial charge in [-0.2, -0.15) is 0 Å². The molecule has 2 amide bonds. The van der Waals surface area contributed by atoms with Crippen molar-refractivity contribution in [2.75, 3.05) is 19.5 Å². The van der Waals surface area contributed by atoms with E-state index in [0.29, 0.717) is 5.82 Å². The van der Waals surface area contributed by atoms with Gasteiger partial charge in [0.05, 0.1) is 0 Å². The minimum absolute atomic E-state index is 0.217. The number of rotatable bonds is 2. The van der Waals surface area contributed by atoms with Crippen molar-refractivity contribution in [3.05, 3.63) is 24.4 Å². The average Bonchev–Trinajstić information content (AvgIpc) is 2.15. The number of aromatic nitrogens is 1. The number of carbonyl (C=O) groups excluding carboxylic acids is 1. The molecular weight excluding hydrogens is 168 g/mol. The van der Waals surface area contributed by atoms with Crippen LogP contribution < -0.4 is 10.9 Å². The lowest BCUT2D eigenvalue weighted by Gasteiger charge is -2.12. The van der Waals surface area contributed by atoms with Crippen molar-refractivity contribution in [1.82, 2.24) is 15.3 Å². The van der Waals surface area contributed by atoms with E-state index >= 15 is 0 Å². The standard InChI is InChI=1S/C8H12N4O/c1-12(2)8(13)11-10-7-5-3-4-6-9-7/h3-6H,1-2H3,(H,9,10)(H,11,13). The van der Waals surface area contributed by atoms with E-state index in [1.807, 2.05) is 6.07 Å². The zero-order valence-corrected chi connectivity index (χ0v) is 7.61. The predicted octanol–water partition coefficient (Wildman–Crippen LogP) is 0.680. The molecule has 1 aromatic rings. The molecule has 1 heterocycles. The monoisotopic (exact) mass is 180 g/mol. The van der Waals surface area contributed by atoms with E-state index in [1.54, 1.807) is 32.4 Å². The Labute approximate surface area is 76.7 Å². The van der Waals surface area contributed by atoms with Crippen LogP contribution in [0, 0.1) is 0 Å². The number of nitrogens with one attached hydrogen (secondary N) is 2. The topological polar surface area (TPSA) is 57.3 Å². The molecule has 1 aromatic heterocycles. The van der Waals surface area contributed by atoms with Gasteiger partial charge in [-0.25, -0.2) is 9.78 Å². The maximum absolute atomic E-state index is 11.0. The molecule has 0 radical (unpaired) electrons. The van der Waals surface area contributed by atoms with Crippen LogP contribution in [0.2, 0.25) is 0 Å². The third kappa shape index (κ3) is 2.98. The summed E-state index contributed by atoms with van der Waals surface area (Å²) in [5, 5.41) is 0. The van der Waals surface area contributed by atoms with E-state index in [9.17, 15) is 4.79 Å². The molecule has 2 N–H and O–H groups in total. The molecule has 0 unspecified atom stereocenters. The van der Waals surface area contributed by atoms with Crippen molar-refractivity contribution in [3.63, 3.8) is 0 Å². The first-order chi connectivity index (χ1) is 6.20. The maximum Gasteiger partial charge on any atom is 0.335 e. The summed E-state index contributed by atoms with van der Waals surface area (Å²) in [6.45, 7) is 0. The Kier molecular flexibility index (Phi) is 3.08. The molecule has 0 aliphatic rings. The third-order valence-electron chi connectivity index (χ3n) is 1.37. The van der Waals surface area contributed by atoms with Crippen LogP contribution in [-0.4, -0.2) is 30.0 Å². The van der Waals surface area contributed by atoms with E-state index in [2.05, 4.69) is 15.8 Å². The second kappa shape index (κ2) is 4.30. The number of urea groups is 1. The Morgan fingerprint density at radius 3 is 2.77 bits per heavy atom. The minimum atomic E-state index is -0.217. The van der Waals surface area contributed by atoms with Crippen LogP contribution >= 0.6 is 0 Å². The summed E-state index contributed by atoms with van der Waals surface area (Å²) in [5.74, 6) is 0.609. The van der Waals surface area contributed by atoms with Gasteiger partial charge in [-0.05, 0) is 12.1 Å². The fraction of sp³-hybridized carbons (Fsp3) is 0.250. The quantitative estimate of drug-likeness (QED) is 0.658. The number of hydrazine groups is 1. The number of hydrogen-bond donors (Lipinski definition) is 2.